The van der Waals surface area contributed by atoms with Crippen LogP contribution in [0.2, 0.25) is 0 Å². The molecule has 1 aliphatic carbocycles. The van der Waals surface area contributed by atoms with E-state index >= 15 is 0 Å². The average molecular weight is 242 g/mol. The summed E-state index contributed by atoms with van der Waals surface area (Å²) in [6.45, 7) is 0. The molecule has 0 aliphatic heterocycles. The molecule has 18 heavy (non-hydrogen) atoms. The normalized spacial score (nSPS) is 14.6. The molecule has 0 fully saturated rings. The minimum absolute atomic E-state index is 0.964. The first-order chi connectivity index (χ1) is 8.74. The van der Waals surface area contributed by atoms with Gasteiger partial charge in [-0.1, -0.05) is 35.5 Å². The summed E-state index contributed by atoms with van der Waals surface area (Å²) in [6, 6.07) is 8.25. The van der Waals surface area contributed by atoms with E-state index in [1.54, 1.807) is 13.3 Å². The number of rotatable bonds is 4. The average Bonchev–Trinajstić information content (AvgIpc) is 2.86. The Hall–Kier alpha value is -2.03. The predicted molar refractivity (Wildman–Crippen MR) is 75.4 cm³/mol. The SMILES string of the molecule is CON=Cc1ccccc1C1=C(N(C)C)C=CC1. The zero-order valence-electron chi connectivity index (χ0n) is 11.1. The van der Waals surface area contributed by atoms with Crippen molar-refractivity contribution in [3.63, 3.8) is 0 Å². The lowest BCUT2D eigenvalue weighted by Crippen LogP contribution is -2.10. The van der Waals surface area contributed by atoms with Crippen molar-refractivity contribution < 1.29 is 4.84 Å². The third-order valence-electron chi connectivity index (χ3n) is 2.97. The van der Waals surface area contributed by atoms with Gasteiger partial charge in [0.2, 0.25) is 0 Å². The summed E-state index contributed by atoms with van der Waals surface area (Å²) in [4.78, 5) is 6.91. The van der Waals surface area contributed by atoms with Crippen LogP contribution in [0.3, 0.4) is 0 Å². The van der Waals surface area contributed by atoms with E-state index in [1.165, 1.54) is 16.8 Å². The summed E-state index contributed by atoms with van der Waals surface area (Å²) in [7, 11) is 5.69. The van der Waals surface area contributed by atoms with Crippen LogP contribution in [-0.4, -0.2) is 32.3 Å². The quantitative estimate of drug-likeness (QED) is 0.599. The Balaban J connectivity index is 2.45. The molecule has 0 heterocycles. The molecule has 2 rings (SSSR count). The van der Waals surface area contributed by atoms with Gasteiger partial charge in [-0.25, -0.2) is 0 Å². The highest BCUT2D eigenvalue weighted by Crippen LogP contribution is 2.31. The largest absolute Gasteiger partial charge is 0.399 e. The van der Waals surface area contributed by atoms with Crippen LogP contribution >= 0.6 is 0 Å². The maximum absolute atomic E-state index is 4.77. The Bertz CT molecular complexity index is 513. The van der Waals surface area contributed by atoms with Gasteiger partial charge in [-0.3, -0.25) is 0 Å². The van der Waals surface area contributed by atoms with E-state index in [1.807, 2.05) is 6.07 Å². The van der Waals surface area contributed by atoms with Crippen molar-refractivity contribution in [3.8, 4) is 0 Å². The Kier molecular flexibility index (Phi) is 3.82. The molecule has 0 saturated heterocycles. The lowest BCUT2D eigenvalue weighted by atomic mass is 9.98. The van der Waals surface area contributed by atoms with Gasteiger partial charge in [0.1, 0.15) is 7.11 Å². The highest BCUT2D eigenvalue weighted by atomic mass is 16.6. The van der Waals surface area contributed by atoms with E-state index in [-0.39, 0.29) is 0 Å². The molecular formula is C15H18N2O. The molecule has 0 radical (unpaired) electrons. The molecule has 0 spiro atoms. The molecule has 0 amide bonds. The molecule has 1 aliphatic rings. The monoisotopic (exact) mass is 242 g/mol. The van der Waals surface area contributed by atoms with Crippen molar-refractivity contribution in [3.05, 3.63) is 53.2 Å². The lowest BCUT2D eigenvalue weighted by Gasteiger charge is -2.17. The van der Waals surface area contributed by atoms with Crippen LogP contribution in [0.25, 0.3) is 5.57 Å². The first kappa shape index (κ1) is 12.4. The highest BCUT2D eigenvalue weighted by Gasteiger charge is 2.14. The number of hydrogen-bond acceptors (Lipinski definition) is 3. The van der Waals surface area contributed by atoms with E-state index in [0.29, 0.717) is 0 Å². The van der Waals surface area contributed by atoms with Crippen LogP contribution < -0.4 is 0 Å². The Morgan fingerprint density at radius 1 is 1.28 bits per heavy atom. The number of oxime groups is 1. The van der Waals surface area contributed by atoms with Gasteiger partial charge in [-0.15, -0.1) is 0 Å². The Morgan fingerprint density at radius 2 is 2.06 bits per heavy atom. The smallest absolute Gasteiger partial charge is 0.106 e. The van der Waals surface area contributed by atoms with Gasteiger partial charge < -0.3 is 9.74 Å². The van der Waals surface area contributed by atoms with Crippen LogP contribution in [0.15, 0.2) is 47.3 Å². The third kappa shape index (κ3) is 2.45. The Labute approximate surface area is 108 Å². The van der Waals surface area contributed by atoms with Gasteiger partial charge >= 0.3 is 0 Å². The molecule has 94 valence electrons. The van der Waals surface area contributed by atoms with Gasteiger partial charge in [-0.05, 0) is 23.6 Å². The third-order valence-corrected chi connectivity index (χ3v) is 2.97. The van der Waals surface area contributed by atoms with Crippen molar-refractivity contribution >= 4 is 11.8 Å². The van der Waals surface area contributed by atoms with Crippen molar-refractivity contribution in [1.82, 2.24) is 4.90 Å². The molecule has 0 saturated carbocycles. The van der Waals surface area contributed by atoms with Gasteiger partial charge in [0, 0.05) is 25.4 Å². The van der Waals surface area contributed by atoms with E-state index in [0.717, 1.165) is 12.0 Å². The first-order valence-corrected chi connectivity index (χ1v) is 5.97. The number of allylic oxidation sites excluding steroid dienone is 3. The predicted octanol–water partition coefficient (Wildman–Crippen LogP) is 2.90. The van der Waals surface area contributed by atoms with Gasteiger partial charge in [-0.2, -0.15) is 0 Å². The molecule has 0 bridgehead atoms. The van der Waals surface area contributed by atoms with Crippen molar-refractivity contribution in [2.45, 2.75) is 6.42 Å². The standard InChI is InChI=1S/C15H18N2O/c1-17(2)15-10-6-9-14(15)13-8-5-4-7-12(13)11-16-18-3/h4-8,10-11H,9H2,1-3H3. The van der Waals surface area contributed by atoms with Crippen molar-refractivity contribution in [2.75, 3.05) is 21.2 Å². The van der Waals surface area contributed by atoms with E-state index in [4.69, 9.17) is 4.84 Å². The zero-order valence-corrected chi connectivity index (χ0v) is 11.1. The molecule has 0 unspecified atom stereocenters. The molecular weight excluding hydrogens is 224 g/mol. The highest BCUT2D eigenvalue weighted by molar-refractivity contribution is 5.90. The fraction of sp³-hybridized carbons (Fsp3) is 0.267. The molecule has 0 N–H and O–H groups in total. The summed E-state index contributed by atoms with van der Waals surface area (Å²) in [6.07, 6.45) is 7.08. The van der Waals surface area contributed by atoms with Crippen molar-refractivity contribution in [1.29, 1.82) is 0 Å². The number of likely N-dealkylation sites (N-methyl/N-ethyl adjacent to an activating group) is 1. The summed E-state index contributed by atoms with van der Waals surface area (Å²) in [5, 5.41) is 3.86. The first-order valence-electron chi connectivity index (χ1n) is 5.97. The van der Waals surface area contributed by atoms with Crippen LogP contribution in [0.5, 0.6) is 0 Å². The fourth-order valence-corrected chi connectivity index (χ4v) is 2.15. The fourth-order valence-electron chi connectivity index (χ4n) is 2.15. The second-order valence-electron chi connectivity index (χ2n) is 4.37. The number of nitrogens with zero attached hydrogens (tertiary/aromatic N) is 2. The van der Waals surface area contributed by atoms with Gasteiger partial charge in [0.15, 0.2) is 0 Å². The van der Waals surface area contributed by atoms with Crippen LogP contribution in [0.1, 0.15) is 17.5 Å². The summed E-state index contributed by atoms with van der Waals surface area (Å²) >= 11 is 0. The molecule has 0 aromatic heterocycles. The molecule has 3 nitrogen and oxygen atoms in total. The number of hydrogen-bond donors (Lipinski definition) is 0. The topological polar surface area (TPSA) is 24.8 Å². The van der Waals surface area contributed by atoms with Crippen molar-refractivity contribution in [2.24, 2.45) is 5.16 Å². The second-order valence-corrected chi connectivity index (χ2v) is 4.37. The lowest BCUT2D eigenvalue weighted by molar-refractivity contribution is 0.215. The summed E-state index contributed by atoms with van der Waals surface area (Å²) in [5.74, 6) is 0. The van der Waals surface area contributed by atoms with E-state index < -0.39 is 0 Å². The molecule has 1 aromatic carbocycles. The van der Waals surface area contributed by atoms with Crippen LogP contribution in [-0.2, 0) is 4.84 Å². The van der Waals surface area contributed by atoms with Gasteiger partial charge in [0.25, 0.3) is 0 Å². The minimum Gasteiger partial charge on any atom is -0.399 e. The van der Waals surface area contributed by atoms with Crippen LogP contribution in [0, 0.1) is 0 Å². The van der Waals surface area contributed by atoms with Gasteiger partial charge in [0.05, 0.1) is 6.21 Å². The summed E-state index contributed by atoms with van der Waals surface area (Å²) < 4.78 is 0. The maximum Gasteiger partial charge on any atom is 0.106 e. The number of benzene rings is 1. The van der Waals surface area contributed by atoms with Crippen LogP contribution in [0.4, 0.5) is 0 Å². The summed E-state index contributed by atoms with van der Waals surface area (Å²) in [5.41, 5.74) is 4.89. The zero-order chi connectivity index (χ0) is 13.0. The Morgan fingerprint density at radius 3 is 2.78 bits per heavy atom. The second kappa shape index (κ2) is 5.54. The van der Waals surface area contributed by atoms with E-state index in [2.05, 4.69) is 54.5 Å². The maximum atomic E-state index is 4.77. The molecule has 1 aromatic rings. The molecule has 0 atom stereocenters. The van der Waals surface area contributed by atoms with E-state index in [9.17, 15) is 0 Å². The minimum atomic E-state index is 0.964. The molecule has 3 heteroatoms.